The maximum Gasteiger partial charge on any atom is 0.243 e. The Morgan fingerprint density at radius 1 is 0.241 bits per heavy atom. The molecule has 0 saturated carbocycles. The fourth-order valence-electron chi connectivity index (χ4n) is 11.3. The first-order valence-electron chi connectivity index (χ1n) is 20.6. The van der Waals surface area contributed by atoms with Gasteiger partial charge >= 0.3 is 0 Å². The highest BCUT2D eigenvalue weighted by Gasteiger charge is 2.39. The van der Waals surface area contributed by atoms with Crippen molar-refractivity contribution in [2.24, 2.45) is 0 Å². The van der Waals surface area contributed by atoms with Gasteiger partial charge in [0.25, 0.3) is 0 Å². The number of hydrogen-bond donors (Lipinski definition) is 0. The third kappa shape index (κ3) is 4.12. The Hall–Kier alpha value is -7.15. The Balaban J connectivity index is 1.08. The van der Waals surface area contributed by atoms with Crippen molar-refractivity contribution in [2.45, 2.75) is 0 Å². The zero-order valence-electron chi connectivity index (χ0n) is 31.6. The molecule has 12 aromatic rings. The van der Waals surface area contributed by atoms with E-state index in [0.717, 1.165) is 0 Å². The predicted octanol–water partition coefficient (Wildman–Crippen LogP) is 10.2. The largest absolute Gasteiger partial charge is 0.243 e. The van der Waals surface area contributed by atoms with E-state index in [0.29, 0.717) is 0 Å². The quantitative estimate of drug-likeness (QED) is 0.123. The van der Waals surface area contributed by atoms with E-state index in [4.69, 9.17) is 0 Å². The van der Waals surface area contributed by atoms with Crippen molar-refractivity contribution < 1.29 is 0 Å². The number of hydrogen-bond acceptors (Lipinski definition) is 0. The van der Waals surface area contributed by atoms with E-state index in [1.165, 1.54) is 130 Å². The molecule has 0 bridgehead atoms. The van der Waals surface area contributed by atoms with Crippen LogP contribution in [0.15, 0.2) is 194 Å². The lowest BCUT2D eigenvalue weighted by molar-refractivity contribution is 1.75. The predicted molar refractivity (Wildman–Crippen MR) is 253 cm³/mol. The fraction of sp³-hybridized carbons (Fsp3) is 0. The highest BCUT2D eigenvalue weighted by Crippen LogP contribution is 2.42. The summed E-state index contributed by atoms with van der Waals surface area (Å²) in [6, 6.07) is 74.2. The first-order valence-corrected chi connectivity index (χ1v) is 20.6. The maximum atomic E-state index is 2.51. The summed E-state index contributed by atoms with van der Waals surface area (Å²) in [4.78, 5) is 0. The molecule has 2 heterocycles. The summed E-state index contributed by atoms with van der Waals surface area (Å²) < 4.78 is 0. The molecule has 2 heteroatoms. The van der Waals surface area contributed by atoms with E-state index in [1.807, 2.05) is 0 Å². The zero-order valence-corrected chi connectivity index (χ0v) is 31.6. The van der Waals surface area contributed by atoms with Crippen molar-refractivity contribution >= 4 is 122 Å². The van der Waals surface area contributed by atoms with Gasteiger partial charge in [0.1, 0.15) is 0 Å². The molecule has 0 saturated heterocycles. The summed E-state index contributed by atoms with van der Waals surface area (Å²) >= 11 is 0. The van der Waals surface area contributed by atoms with Crippen molar-refractivity contribution in [1.82, 2.24) is 0 Å². The summed E-state index contributed by atoms with van der Waals surface area (Å²) in [5, 5.41) is 18.4. The van der Waals surface area contributed by atoms with Crippen LogP contribution in [0.3, 0.4) is 0 Å². The molecule has 262 valence electrons. The van der Waals surface area contributed by atoms with Crippen LogP contribution in [0.5, 0.6) is 0 Å². The minimum atomic E-state index is 0.122. The van der Waals surface area contributed by atoms with Gasteiger partial charge in [-0.15, -0.1) is 0 Å². The van der Waals surface area contributed by atoms with Crippen molar-refractivity contribution in [3.05, 3.63) is 194 Å². The van der Waals surface area contributed by atoms with Crippen molar-refractivity contribution in [2.75, 3.05) is 0 Å². The lowest BCUT2D eigenvalue weighted by atomic mass is 9.38. The molecule has 0 N–H and O–H groups in total. The fourth-order valence-corrected chi connectivity index (χ4v) is 11.3. The molecule has 0 spiro atoms. The highest BCUT2D eigenvalue weighted by molar-refractivity contribution is 7.01. The molecule has 2 aliphatic rings. The Morgan fingerprint density at radius 2 is 0.569 bits per heavy atom. The molecule has 0 unspecified atom stereocenters. The van der Waals surface area contributed by atoms with Crippen LogP contribution in [0.25, 0.3) is 97.7 Å². The van der Waals surface area contributed by atoms with Gasteiger partial charge in [0.15, 0.2) is 0 Å². The van der Waals surface area contributed by atoms with Gasteiger partial charge < -0.3 is 0 Å². The number of rotatable bonds is 2. The monoisotopic (exact) mass is 726 g/mol. The minimum absolute atomic E-state index is 0.122. The summed E-state index contributed by atoms with van der Waals surface area (Å²) in [6.07, 6.45) is 0. The Morgan fingerprint density at radius 3 is 0.983 bits per heavy atom. The van der Waals surface area contributed by atoms with Gasteiger partial charge in [-0.3, -0.25) is 0 Å². The topological polar surface area (TPSA) is 0 Å². The normalized spacial score (nSPS) is 13.1. The van der Waals surface area contributed by atoms with Gasteiger partial charge in [-0.2, -0.15) is 0 Å². The molecule has 12 aromatic carbocycles. The van der Waals surface area contributed by atoms with Gasteiger partial charge in [0.05, 0.1) is 0 Å². The lowest BCUT2D eigenvalue weighted by Gasteiger charge is -2.20. The second kappa shape index (κ2) is 11.2. The third-order valence-electron chi connectivity index (χ3n) is 13.8. The molecular formula is C56H32B2. The number of fused-ring (bicyclic) bond motifs is 12. The Kier molecular flexibility index (Phi) is 6.01. The molecule has 0 radical (unpaired) electrons. The average molecular weight is 726 g/mol. The minimum Gasteiger partial charge on any atom is -0.0679 e. The molecule has 0 atom stereocenters. The third-order valence-corrected chi connectivity index (χ3v) is 13.8. The SMILES string of the molecule is c1ccc2cc(B3c4cc5ccccc5cc4-c4cc5ccc6c7c(cc8ccc(c43)c5c86)-c3cc4ccccc4cc3B7c3ccc4ccccc4c3)ccc2c1. The average Bonchev–Trinajstić information content (AvgIpc) is 3.77. The molecule has 0 aliphatic carbocycles. The molecule has 0 nitrogen and oxygen atoms in total. The van der Waals surface area contributed by atoms with E-state index in [1.54, 1.807) is 0 Å². The second-order valence-corrected chi connectivity index (χ2v) is 16.8. The molecule has 2 aliphatic heterocycles. The maximum absolute atomic E-state index is 2.51. The van der Waals surface area contributed by atoms with Gasteiger partial charge in [-0.1, -0.05) is 203 Å². The van der Waals surface area contributed by atoms with Crippen LogP contribution in [0, 0.1) is 0 Å². The van der Waals surface area contributed by atoms with E-state index < -0.39 is 0 Å². The second-order valence-electron chi connectivity index (χ2n) is 16.8. The van der Waals surface area contributed by atoms with Crippen molar-refractivity contribution in [1.29, 1.82) is 0 Å². The highest BCUT2D eigenvalue weighted by atomic mass is 14.3. The first kappa shape index (κ1) is 31.0. The Labute approximate surface area is 336 Å². The van der Waals surface area contributed by atoms with Crippen molar-refractivity contribution in [3.63, 3.8) is 0 Å². The summed E-state index contributed by atoms with van der Waals surface area (Å²) in [5.74, 6) is 0. The zero-order chi connectivity index (χ0) is 37.6. The van der Waals surface area contributed by atoms with Crippen LogP contribution in [0.1, 0.15) is 0 Å². The smallest absolute Gasteiger partial charge is 0.0679 e. The van der Waals surface area contributed by atoms with Crippen LogP contribution in [-0.2, 0) is 0 Å². The van der Waals surface area contributed by atoms with E-state index >= 15 is 0 Å². The van der Waals surface area contributed by atoms with E-state index in [2.05, 4.69) is 194 Å². The number of benzene rings is 12. The molecule has 0 amide bonds. The van der Waals surface area contributed by atoms with E-state index in [-0.39, 0.29) is 13.4 Å². The Bertz CT molecular complexity index is 3520. The molecule has 0 fully saturated rings. The van der Waals surface area contributed by atoms with Crippen molar-refractivity contribution in [3.8, 4) is 22.3 Å². The summed E-state index contributed by atoms with van der Waals surface area (Å²) in [7, 11) is 0. The molecule has 14 rings (SSSR count). The molecule has 58 heavy (non-hydrogen) atoms. The molecule has 0 aromatic heterocycles. The van der Waals surface area contributed by atoms with Crippen LogP contribution < -0.4 is 32.8 Å². The standard InChI is InChI=1S/C56H32B2/c1-3-11-35-25-43(21-17-33(35)9-1)57-51-31-39-15-7-5-13-37(39)27-47(51)49-29-41-20-24-46-54-42(19-23-45(53(41)54)55(49)57)30-50-48-28-38-14-6-8-16-40(38)32-52(48)58(56(46)50)44-22-18-34-10-2-4-12-36(34)26-44/h1-32H. The van der Waals surface area contributed by atoms with Crippen LogP contribution in [0.2, 0.25) is 0 Å². The lowest BCUT2D eigenvalue weighted by Crippen LogP contribution is -2.49. The van der Waals surface area contributed by atoms with Gasteiger partial charge in [-0.05, 0) is 122 Å². The van der Waals surface area contributed by atoms with Crippen LogP contribution >= 0.6 is 0 Å². The van der Waals surface area contributed by atoms with Gasteiger partial charge in [0.2, 0.25) is 13.4 Å². The molecular weight excluding hydrogens is 694 g/mol. The summed E-state index contributed by atoms with van der Waals surface area (Å²) in [5.41, 5.74) is 13.8. The first-order chi connectivity index (χ1) is 28.7. The van der Waals surface area contributed by atoms with Crippen LogP contribution in [0.4, 0.5) is 0 Å². The van der Waals surface area contributed by atoms with Gasteiger partial charge in [0, 0.05) is 0 Å². The van der Waals surface area contributed by atoms with E-state index in [9.17, 15) is 0 Å². The van der Waals surface area contributed by atoms with Crippen LogP contribution in [-0.4, -0.2) is 13.4 Å². The van der Waals surface area contributed by atoms with Gasteiger partial charge in [-0.25, -0.2) is 0 Å². The summed E-state index contributed by atoms with van der Waals surface area (Å²) in [6.45, 7) is 0.244.